The number of benzene rings is 1. The first-order chi connectivity index (χ1) is 9.88. The second kappa shape index (κ2) is 5.63. The van der Waals surface area contributed by atoms with Crippen molar-refractivity contribution in [2.45, 2.75) is 5.92 Å². The Morgan fingerprint density at radius 3 is 2.65 bits per heavy atom. The van der Waals surface area contributed by atoms with Crippen LogP contribution in [0.25, 0.3) is 11.4 Å². The Hall–Kier alpha value is -2.53. The highest BCUT2D eigenvalue weighted by atomic mass is 16.5. The van der Waals surface area contributed by atoms with E-state index in [9.17, 15) is 0 Å². The number of hydrogen-bond donors (Lipinski definition) is 1. The van der Waals surface area contributed by atoms with Crippen molar-refractivity contribution in [2.24, 2.45) is 5.73 Å². The van der Waals surface area contributed by atoms with E-state index in [4.69, 9.17) is 10.3 Å². The van der Waals surface area contributed by atoms with Gasteiger partial charge in [-0.25, -0.2) is 0 Å². The summed E-state index contributed by atoms with van der Waals surface area (Å²) in [6, 6.07) is 13.6. The topological polar surface area (TPSA) is 77.8 Å². The first-order valence-corrected chi connectivity index (χ1v) is 6.37. The summed E-state index contributed by atoms with van der Waals surface area (Å²) < 4.78 is 5.36. The zero-order chi connectivity index (χ0) is 13.8. The van der Waals surface area contributed by atoms with Crippen LogP contribution >= 0.6 is 0 Å². The Morgan fingerprint density at radius 1 is 1.10 bits per heavy atom. The van der Waals surface area contributed by atoms with E-state index in [2.05, 4.69) is 15.1 Å². The first kappa shape index (κ1) is 12.5. The number of hydrogen-bond acceptors (Lipinski definition) is 5. The third-order valence-electron chi connectivity index (χ3n) is 3.10. The van der Waals surface area contributed by atoms with Crippen LogP contribution in [0.5, 0.6) is 0 Å². The average Bonchev–Trinajstić information content (AvgIpc) is 3.00. The van der Waals surface area contributed by atoms with Gasteiger partial charge >= 0.3 is 0 Å². The van der Waals surface area contributed by atoms with E-state index in [0.717, 1.165) is 11.1 Å². The summed E-state index contributed by atoms with van der Waals surface area (Å²) in [6.45, 7) is 0.415. The Kier molecular flexibility index (Phi) is 3.52. The van der Waals surface area contributed by atoms with E-state index in [-0.39, 0.29) is 5.92 Å². The molecule has 1 aromatic carbocycles. The molecular weight excluding hydrogens is 252 g/mol. The highest BCUT2D eigenvalue weighted by Gasteiger charge is 2.20. The molecule has 20 heavy (non-hydrogen) atoms. The van der Waals surface area contributed by atoms with Gasteiger partial charge in [0.05, 0.1) is 5.92 Å². The standard InChI is InChI=1S/C15H14N4O/c16-9-13(11-5-2-1-3-6-11)15-18-14(19-20-15)12-7-4-8-17-10-12/h1-8,10,13H,9,16H2. The lowest BCUT2D eigenvalue weighted by atomic mass is 9.99. The van der Waals surface area contributed by atoms with Gasteiger partial charge in [0, 0.05) is 24.5 Å². The van der Waals surface area contributed by atoms with Crippen molar-refractivity contribution in [1.29, 1.82) is 0 Å². The van der Waals surface area contributed by atoms with Crippen molar-refractivity contribution in [3.63, 3.8) is 0 Å². The lowest BCUT2D eigenvalue weighted by Crippen LogP contribution is -2.14. The van der Waals surface area contributed by atoms with Crippen molar-refractivity contribution < 1.29 is 4.52 Å². The lowest BCUT2D eigenvalue weighted by molar-refractivity contribution is 0.367. The zero-order valence-corrected chi connectivity index (χ0v) is 10.8. The number of rotatable bonds is 4. The monoisotopic (exact) mass is 266 g/mol. The molecule has 0 spiro atoms. The van der Waals surface area contributed by atoms with E-state index in [1.54, 1.807) is 12.4 Å². The van der Waals surface area contributed by atoms with Gasteiger partial charge in [-0.2, -0.15) is 4.98 Å². The zero-order valence-electron chi connectivity index (χ0n) is 10.8. The third-order valence-corrected chi connectivity index (χ3v) is 3.10. The van der Waals surface area contributed by atoms with Crippen LogP contribution in [0.3, 0.4) is 0 Å². The summed E-state index contributed by atoms with van der Waals surface area (Å²) in [6.07, 6.45) is 3.41. The fraction of sp³-hybridized carbons (Fsp3) is 0.133. The summed E-state index contributed by atoms with van der Waals surface area (Å²) in [7, 11) is 0. The van der Waals surface area contributed by atoms with Crippen LogP contribution in [0.15, 0.2) is 59.4 Å². The van der Waals surface area contributed by atoms with Crippen LogP contribution in [0.1, 0.15) is 17.4 Å². The van der Waals surface area contributed by atoms with Gasteiger partial charge in [-0.1, -0.05) is 35.5 Å². The Balaban J connectivity index is 1.93. The van der Waals surface area contributed by atoms with Gasteiger partial charge in [0.1, 0.15) is 0 Å². The van der Waals surface area contributed by atoms with Crippen LogP contribution in [-0.2, 0) is 0 Å². The average molecular weight is 266 g/mol. The van der Waals surface area contributed by atoms with Crippen molar-refractivity contribution in [3.8, 4) is 11.4 Å². The minimum absolute atomic E-state index is 0.0888. The van der Waals surface area contributed by atoms with Crippen LogP contribution in [0, 0.1) is 0 Å². The number of aromatic nitrogens is 3. The van der Waals surface area contributed by atoms with Crippen LogP contribution < -0.4 is 5.73 Å². The number of pyridine rings is 1. The molecule has 0 saturated carbocycles. The molecule has 5 heteroatoms. The predicted octanol–water partition coefficient (Wildman–Crippen LogP) is 2.22. The van der Waals surface area contributed by atoms with E-state index >= 15 is 0 Å². The van der Waals surface area contributed by atoms with Gasteiger partial charge in [0.25, 0.3) is 0 Å². The molecule has 3 rings (SSSR count). The fourth-order valence-corrected chi connectivity index (χ4v) is 2.05. The van der Waals surface area contributed by atoms with Crippen molar-refractivity contribution >= 4 is 0 Å². The summed E-state index contributed by atoms with van der Waals surface area (Å²) in [4.78, 5) is 8.48. The molecule has 0 fully saturated rings. The van der Waals surface area contributed by atoms with Gasteiger partial charge < -0.3 is 10.3 Å². The molecule has 2 heterocycles. The van der Waals surface area contributed by atoms with Gasteiger partial charge in [0.15, 0.2) is 0 Å². The minimum Gasteiger partial charge on any atom is -0.338 e. The maximum atomic E-state index is 5.84. The molecule has 0 aliphatic carbocycles. The number of nitrogens with zero attached hydrogens (tertiary/aromatic N) is 3. The summed E-state index contributed by atoms with van der Waals surface area (Å²) in [5.41, 5.74) is 7.74. The molecule has 100 valence electrons. The molecule has 0 bridgehead atoms. The molecule has 0 amide bonds. The molecule has 0 aliphatic rings. The van der Waals surface area contributed by atoms with Crippen LogP contribution in [0.2, 0.25) is 0 Å². The van der Waals surface area contributed by atoms with Crippen LogP contribution in [0.4, 0.5) is 0 Å². The molecule has 2 aromatic heterocycles. The highest BCUT2D eigenvalue weighted by Crippen LogP contribution is 2.24. The van der Waals surface area contributed by atoms with E-state index in [0.29, 0.717) is 18.3 Å². The maximum Gasteiger partial charge on any atom is 0.235 e. The normalized spacial score (nSPS) is 12.2. The summed E-state index contributed by atoms with van der Waals surface area (Å²) >= 11 is 0. The van der Waals surface area contributed by atoms with Gasteiger partial charge in [-0.15, -0.1) is 0 Å². The highest BCUT2D eigenvalue weighted by molar-refractivity contribution is 5.52. The summed E-state index contributed by atoms with van der Waals surface area (Å²) in [5, 5.41) is 4.00. The van der Waals surface area contributed by atoms with Crippen LogP contribution in [-0.4, -0.2) is 21.7 Å². The Morgan fingerprint density at radius 2 is 1.95 bits per heavy atom. The third kappa shape index (κ3) is 2.44. The molecule has 1 atom stereocenters. The van der Waals surface area contributed by atoms with Crippen molar-refractivity contribution in [1.82, 2.24) is 15.1 Å². The van der Waals surface area contributed by atoms with Crippen molar-refractivity contribution in [2.75, 3.05) is 6.54 Å². The molecule has 5 nitrogen and oxygen atoms in total. The van der Waals surface area contributed by atoms with E-state index in [1.165, 1.54) is 0 Å². The minimum atomic E-state index is -0.0888. The molecule has 0 radical (unpaired) electrons. The quantitative estimate of drug-likeness (QED) is 0.783. The van der Waals surface area contributed by atoms with E-state index < -0.39 is 0 Å². The largest absolute Gasteiger partial charge is 0.338 e. The Labute approximate surface area is 116 Å². The number of nitrogens with two attached hydrogens (primary N) is 1. The second-order valence-electron chi connectivity index (χ2n) is 4.40. The van der Waals surface area contributed by atoms with Gasteiger partial charge in [0.2, 0.25) is 11.7 Å². The van der Waals surface area contributed by atoms with Gasteiger partial charge in [-0.05, 0) is 17.7 Å². The maximum absolute atomic E-state index is 5.84. The molecule has 2 N–H and O–H groups in total. The van der Waals surface area contributed by atoms with Gasteiger partial charge in [-0.3, -0.25) is 4.98 Å². The molecule has 1 unspecified atom stereocenters. The fourth-order valence-electron chi connectivity index (χ4n) is 2.05. The lowest BCUT2D eigenvalue weighted by Gasteiger charge is -2.09. The first-order valence-electron chi connectivity index (χ1n) is 6.37. The molecular formula is C15H14N4O. The molecule has 3 aromatic rings. The van der Waals surface area contributed by atoms with Crippen molar-refractivity contribution in [3.05, 3.63) is 66.3 Å². The SMILES string of the molecule is NCC(c1ccccc1)c1nc(-c2cccnc2)no1. The van der Waals surface area contributed by atoms with E-state index in [1.807, 2.05) is 42.5 Å². The predicted molar refractivity (Wildman–Crippen MR) is 74.9 cm³/mol. The molecule has 0 aliphatic heterocycles. The molecule has 0 saturated heterocycles. The smallest absolute Gasteiger partial charge is 0.235 e. The Bertz CT molecular complexity index is 667. The second-order valence-corrected chi connectivity index (χ2v) is 4.40. The summed E-state index contributed by atoms with van der Waals surface area (Å²) in [5.74, 6) is 0.967.